The highest BCUT2D eigenvalue weighted by atomic mass is 16.2. The van der Waals surface area contributed by atoms with Gasteiger partial charge < -0.3 is 9.80 Å². The minimum absolute atomic E-state index is 0.0204. The molecule has 0 aliphatic carbocycles. The van der Waals surface area contributed by atoms with Gasteiger partial charge in [-0.15, -0.1) is 0 Å². The number of pyridine rings is 1. The summed E-state index contributed by atoms with van der Waals surface area (Å²) in [6.45, 7) is 2.86. The lowest BCUT2D eigenvalue weighted by molar-refractivity contribution is -0.138. The number of carbonyl (C=O) groups excluding carboxylic acids is 2. The third-order valence-corrected chi connectivity index (χ3v) is 5.75. The predicted octanol–water partition coefficient (Wildman–Crippen LogP) is 2.06. The highest BCUT2D eigenvalue weighted by molar-refractivity contribution is 5.94. The molecule has 7 heteroatoms. The largest absolute Gasteiger partial charge is 0.342 e. The van der Waals surface area contributed by atoms with Crippen LogP contribution in [0.4, 0.5) is 0 Å². The molecule has 2 aromatic heterocycles. The molecule has 2 aliphatic heterocycles. The number of rotatable bonds is 3. The Kier molecular flexibility index (Phi) is 5.18. The smallest absolute Gasteiger partial charge is 0.253 e. The fourth-order valence-corrected chi connectivity index (χ4v) is 4.19. The van der Waals surface area contributed by atoms with E-state index < -0.39 is 0 Å². The summed E-state index contributed by atoms with van der Waals surface area (Å²) in [7, 11) is 0. The quantitative estimate of drug-likeness (QED) is 0.900. The van der Waals surface area contributed by atoms with Crippen molar-refractivity contribution < 1.29 is 9.59 Å². The van der Waals surface area contributed by atoms with E-state index in [1.165, 1.54) is 0 Å². The molecule has 0 spiro atoms. The van der Waals surface area contributed by atoms with Crippen LogP contribution in [0.2, 0.25) is 0 Å². The first-order chi connectivity index (χ1) is 13.2. The van der Waals surface area contributed by atoms with Crippen LogP contribution in [0, 0.1) is 5.92 Å². The SMILES string of the molecule is O=C(c1ccncc1)N1CCC(C(=O)N2CCC[C@H](c3ccn[nH]3)C2)CC1. The summed E-state index contributed by atoms with van der Waals surface area (Å²) in [5, 5.41) is 7.08. The van der Waals surface area contributed by atoms with Crippen molar-refractivity contribution in [1.29, 1.82) is 0 Å². The predicted molar refractivity (Wildman–Crippen MR) is 100 cm³/mol. The first kappa shape index (κ1) is 17.7. The molecule has 2 saturated heterocycles. The van der Waals surface area contributed by atoms with Crippen LogP contribution < -0.4 is 0 Å². The first-order valence-electron chi connectivity index (χ1n) is 9.69. The van der Waals surface area contributed by atoms with Crippen molar-refractivity contribution in [3.63, 3.8) is 0 Å². The number of aromatic amines is 1. The number of amides is 2. The van der Waals surface area contributed by atoms with E-state index in [2.05, 4.69) is 15.2 Å². The second-order valence-electron chi connectivity index (χ2n) is 7.44. The van der Waals surface area contributed by atoms with Gasteiger partial charge in [-0.05, 0) is 43.9 Å². The Labute approximate surface area is 158 Å². The fourth-order valence-electron chi connectivity index (χ4n) is 4.19. The van der Waals surface area contributed by atoms with Gasteiger partial charge >= 0.3 is 0 Å². The lowest BCUT2D eigenvalue weighted by Gasteiger charge is -2.37. The van der Waals surface area contributed by atoms with E-state index in [-0.39, 0.29) is 17.7 Å². The lowest BCUT2D eigenvalue weighted by atomic mass is 9.91. The molecule has 0 bridgehead atoms. The molecular weight excluding hydrogens is 342 g/mol. The van der Waals surface area contributed by atoms with Crippen LogP contribution in [0.5, 0.6) is 0 Å². The molecule has 2 fully saturated rings. The molecule has 27 heavy (non-hydrogen) atoms. The molecular formula is C20H25N5O2. The van der Waals surface area contributed by atoms with Crippen molar-refractivity contribution in [2.24, 2.45) is 5.92 Å². The Morgan fingerprint density at radius 3 is 2.44 bits per heavy atom. The highest BCUT2D eigenvalue weighted by Gasteiger charge is 2.33. The minimum Gasteiger partial charge on any atom is -0.342 e. The fraction of sp³-hybridized carbons (Fsp3) is 0.500. The van der Waals surface area contributed by atoms with Crippen LogP contribution in [0.25, 0.3) is 0 Å². The number of hydrogen-bond acceptors (Lipinski definition) is 4. The summed E-state index contributed by atoms with van der Waals surface area (Å²) in [5.74, 6) is 0.640. The summed E-state index contributed by atoms with van der Waals surface area (Å²) >= 11 is 0. The van der Waals surface area contributed by atoms with Crippen LogP contribution in [0.1, 0.15) is 47.7 Å². The molecule has 2 aromatic rings. The van der Waals surface area contributed by atoms with Crippen molar-refractivity contribution in [2.75, 3.05) is 26.2 Å². The number of H-pyrrole nitrogens is 1. The van der Waals surface area contributed by atoms with Crippen LogP contribution in [0.3, 0.4) is 0 Å². The van der Waals surface area contributed by atoms with Crippen LogP contribution in [0.15, 0.2) is 36.8 Å². The summed E-state index contributed by atoms with van der Waals surface area (Å²) in [6.07, 6.45) is 8.62. The second-order valence-corrected chi connectivity index (χ2v) is 7.44. The standard InChI is InChI=1S/C20H25N5O2/c26-19(15-3-8-21-9-4-15)24-12-6-16(7-13-24)20(27)25-11-1-2-17(14-25)18-5-10-22-23-18/h3-5,8-10,16-17H,1-2,6-7,11-14H2,(H,22,23)/t17-/m0/s1. The number of hydrogen-bond donors (Lipinski definition) is 1. The number of piperidine rings is 2. The molecule has 2 amide bonds. The normalized spacial score (nSPS) is 21.3. The monoisotopic (exact) mass is 367 g/mol. The molecule has 0 saturated carbocycles. The average molecular weight is 367 g/mol. The molecule has 0 unspecified atom stereocenters. The molecule has 4 rings (SSSR count). The van der Waals surface area contributed by atoms with Gasteiger partial charge in [0.25, 0.3) is 5.91 Å². The summed E-state index contributed by atoms with van der Waals surface area (Å²) in [5.41, 5.74) is 1.78. The van der Waals surface area contributed by atoms with Crippen LogP contribution in [-0.4, -0.2) is 63.0 Å². The van der Waals surface area contributed by atoms with Gasteiger partial charge in [0.2, 0.25) is 5.91 Å². The van der Waals surface area contributed by atoms with Gasteiger partial charge in [0.15, 0.2) is 0 Å². The molecule has 142 valence electrons. The van der Waals surface area contributed by atoms with Gasteiger partial charge in [0.05, 0.1) is 0 Å². The van der Waals surface area contributed by atoms with Crippen molar-refractivity contribution in [3.8, 4) is 0 Å². The van der Waals surface area contributed by atoms with Crippen molar-refractivity contribution in [2.45, 2.75) is 31.6 Å². The molecule has 2 aliphatic rings. The third-order valence-electron chi connectivity index (χ3n) is 5.75. The maximum atomic E-state index is 13.0. The van der Waals surface area contributed by atoms with E-state index in [4.69, 9.17) is 0 Å². The first-order valence-corrected chi connectivity index (χ1v) is 9.69. The Morgan fingerprint density at radius 1 is 0.963 bits per heavy atom. The van der Waals surface area contributed by atoms with Crippen molar-refractivity contribution >= 4 is 11.8 Å². The molecule has 0 radical (unpaired) electrons. The molecule has 4 heterocycles. The van der Waals surface area contributed by atoms with Gasteiger partial charge in [-0.25, -0.2) is 0 Å². The number of aromatic nitrogens is 3. The zero-order valence-corrected chi connectivity index (χ0v) is 15.4. The van der Waals surface area contributed by atoms with E-state index in [9.17, 15) is 9.59 Å². The topological polar surface area (TPSA) is 82.2 Å². The lowest BCUT2D eigenvalue weighted by Crippen LogP contribution is -2.47. The number of likely N-dealkylation sites (tertiary alicyclic amines) is 2. The molecule has 1 N–H and O–H groups in total. The maximum Gasteiger partial charge on any atom is 0.253 e. The van der Waals surface area contributed by atoms with Gasteiger partial charge in [0.1, 0.15) is 0 Å². The highest BCUT2D eigenvalue weighted by Crippen LogP contribution is 2.28. The van der Waals surface area contributed by atoms with E-state index in [1.807, 2.05) is 15.9 Å². The molecule has 1 atom stereocenters. The van der Waals surface area contributed by atoms with Crippen LogP contribution >= 0.6 is 0 Å². The number of carbonyl (C=O) groups is 2. The zero-order chi connectivity index (χ0) is 18.6. The minimum atomic E-state index is 0.0204. The van der Waals surface area contributed by atoms with E-state index in [1.54, 1.807) is 30.7 Å². The zero-order valence-electron chi connectivity index (χ0n) is 15.4. The Morgan fingerprint density at radius 2 is 1.74 bits per heavy atom. The van der Waals surface area contributed by atoms with Gasteiger partial charge in [-0.1, -0.05) is 0 Å². The summed E-state index contributed by atoms with van der Waals surface area (Å²) in [4.78, 5) is 33.4. The average Bonchev–Trinajstić information content (AvgIpc) is 3.29. The maximum absolute atomic E-state index is 13.0. The number of nitrogens with zero attached hydrogens (tertiary/aromatic N) is 4. The molecule has 0 aromatic carbocycles. The second kappa shape index (κ2) is 7.90. The van der Waals surface area contributed by atoms with E-state index >= 15 is 0 Å². The van der Waals surface area contributed by atoms with Gasteiger partial charge in [0, 0.05) is 67.9 Å². The number of nitrogens with one attached hydrogen (secondary N) is 1. The summed E-state index contributed by atoms with van der Waals surface area (Å²) < 4.78 is 0. The summed E-state index contributed by atoms with van der Waals surface area (Å²) in [6, 6.07) is 5.48. The van der Waals surface area contributed by atoms with Crippen molar-refractivity contribution in [1.82, 2.24) is 25.0 Å². The molecule has 7 nitrogen and oxygen atoms in total. The Bertz CT molecular complexity index is 769. The van der Waals surface area contributed by atoms with Crippen LogP contribution in [-0.2, 0) is 4.79 Å². The Hall–Kier alpha value is -2.70. The van der Waals surface area contributed by atoms with Crippen molar-refractivity contribution in [3.05, 3.63) is 48.0 Å². The van der Waals surface area contributed by atoms with Gasteiger partial charge in [-0.3, -0.25) is 19.7 Å². The van der Waals surface area contributed by atoms with Gasteiger partial charge in [-0.2, -0.15) is 5.10 Å². The Balaban J connectivity index is 1.32. The van der Waals surface area contributed by atoms with E-state index in [0.29, 0.717) is 24.6 Å². The third kappa shape index (κ3) is 3.86. The van der Waals surface area contributed by atoms with E-state index in [0.717, 1.165) is 44.5 Å².